The van der Waals surface area contributed by atoms with E-state index in [-0.39, 0.29) is 22.0 Å². The molecule has 0 aliphatic heterocycles. The van der Waals surface area contributed by atoms with Crippen molar-refractivity contribution in [3.8, 4) is 5.75 Å². The van der Waals surface area contributed by atoms with Crippen LogP contribution in [0.3, 0.4) is 0 Å². The fourth-order valence-electron chi connectivity index (χ4n) is 3.37. The highest BCUT2D eigenvalue weighted by Gasteiger charge is 2.25. The summed E-state index contributed by atoms with van der Waals surface area (Å²) in [5.41, 5.74) is 5.75. The van der Waals surface area contributed by atoms with Crippen LogP contribution < -0.4 is 15.6 Å². The zero-order valence-electron chi connectivity index (χ0n) is 18.3. The first kappa shape index (κ1) is 23.3. The molecule has 0 saturated carbocycles. The molecule has 0 aliphatic carbocycles. The van der Waals surface area contributed by atoms with E-state index < -0.39 is 21.8 Å². The number of hydrogen-bond donors (Lipinski definition) is 2. The largest absolute Gasteiger partial charge is 0.496 e. The zero-order valence-corrected chi connectivity index (χ0v) is 19.1. The summed E-state index contributed by atoms with van der Waals surface area (Å²) in [7, 11) is -2.42. The number of furan rings is 1. The lowest BCUT2D eigenvalue weighted by Gasteiger charge is -2.19. The Balaban J connectivity index is 1.83. The fraction of sp³-hybridized carbons (Fsp3) is 0.273. The Morgan fingerprint density at radius 2 is 1.69 bits per heavy atom. The Morgan fingerprint density at radius 3 is 2.31 bits per heavy atom. The predicted octanol–water partition coefficient (Wildman–Crippen LogP) is 2.86. The van der Waals surface area contributed by atoms with Crippen molar-refractivity contribution < 1.29 is 27.2 Å². The van der Waals surface area contributed by atoms with E-state index in [4.69, 9.17) is 9.15 Å². The molecule has 0 bridgehead atoms. The summed E-state index contributed by atoms with van der Waals surface area (Å²) in [6.45, 7) is 5.79. The molecule has 3 rings (SSSR count). The average molecular weight is 460 g/mol. The lowest BCUT2D eigenvalue weighted by Crippen LogP contribution is -2.42. The average Bonchev–Trinajstić information content (AvgIpc) is 3.14. The molecule has 1 heterocycles. The SMILES string of the molecule is CCN(CC)S(=O)(=O)c1ccc(OC)c(C(=O)NNC(=O)c2oc3ccccc3c2C)c1. The van der Waals surface area contributed by atoms with Crippen LogP contribution in [-0.2, 0) is 10.0 Å². The van der Waals surface area contributed by atoms with Crippen molar-refractivity contribution >= 4 is 32.8 Å². The van der Waals surface area contributed by atoms with E-state index >= 15 is 0 Å². The van der Waals surface area contributed by atoms with Gasteiger partial charge in [-0.1, -0.05) is 32.0 Å². The molecule has 10 heteroatoms. The summed E-state index contributed by atoms with van der Waals surface area (Å²) >= 11 is 0. The number of nitrogens with zero attached hydrogens (tertiary/aromatic N) is 1. The smallest absolute Gasteiger partial charge is 0.305 e. The minimum Gasteiger partial charge on any atom is -0.496 e. The van der Waals surface area contributed by atoms with Gasteiger partial charge in [0, 0.05) is 24.0 Å². The van der Waals surface area contributed by atoms with Gasteiger partial charge in [-0.05, 0) is 31.2 Å². The molecule has 0 atom stereocenters. The summed E-state index contributed by atoms with van der Waals surface area (Å²) in [4.78, 5) is 25.3. The van der Waals surface area contributed by atoms with Crippen molar-refractivity contribution in [3.05, 3.63) is 59.4 Å². The monoisotopic (exact) mass is 459 g/mol. The first-order chi connectivity index (χ1) is 15.2. The Morgan fingerprint density at radius 1 is 1.03 bits per heavy atom. The van der Waals surface area contributed by atoms with Crippen LogP contribution in [0.1, 0.15) is 40.3 Å². The van der Waals surface area contributed by atoms with Crippen molar-refractivity contribution in [2.75, 3.05) is 20.2 Å². The van der Waals surface area contributed by atoms with E-state index in [1.807, 2.05) is 12.1 Å². The van der Waals surface area contributed by atoms with E-state index in [1.54, 1.807) is 32.9 Å². The van der Waals surface area contributed by atoms with E-state index in [9.17, 15) is 18.0 Å². The first-order valence-electron chi connectivity index (χ1n) is 10.0. The number of sulfonamides is 1. The highest BCUT2D eigenvalue weighted by molar-refractivity contribution is 7.89. The van der Waals surface area contributed by atoms with Crippen LogP contribution in [0.15, 0.2) is 51.8 Å². The van der Waals surface area contributed by atoms with Gasteiger partial charge in [-0.25, -0.2) is 8.42 Å². The van der Waals surface area contributed by atoms with Crippen molar-refractivity contribution in [2.24, 2.45) is 0 Å². The Hall–Kier alpha value is -3.37. The number of amides is 2. The van der Waals surface area contributed by atoms with Crippen LogP contribution in [0.2, 0.25) is 0 Å². The maximum Gasteiger partial charge on any atom is 0.305 e. The van der Waals surface area contributed by atoms with Crippen molar-refractivity contribution in [3.63, 3.8) is 0 Å². The van der Waals surface area contributed by atoms with Gasteiger partial charge in [-0.15, -0.1) is 0 Å². The summed E-state index contributed by atoms with van der Waals surface area (Å²) < 4.78 is 37.7. The maximum absolute atomic E-state index is 12.8. The third kappa shape index (κ3) is 4.32. The summed E-state index contributed by atoms with van der Waals surface area (Å²) in [6.07, 6.45) is 0. The van der Waals surface area contributed by atoms with E-state index in [0.717, 1.165) is 5.39 Å². The van der Waals surface area contributed by atoms with Gasteiger partial charge in [0.2, 0.25) is 10.0 Å². The normalized spacial score (nSPS) is 11.5. The molecule has 3 aromatic rings. The predicted molar refractivity (Wildman–Crippen MR) is 119 cm³/mol. The molecule has 2 N–H and O–H groups in total. The molecule has 32 heavy (non-hydrogen) atoms. The Bertz CT molecular complexity index is 1260. The second-order valence-corrected chi connectivity index (χ2v) is 8.85. The highest BCUT2D eigenvalue weighted by Crippen LogP contribution is 2.26. The molecule has 170 valence electrons. The number of ether oxygens (including phenoxy) is 1. The second kappa shape index (κ2) is 9.41. The van der Waals surface area contributed by atoms with Crippen LogP contribution in [-0.4, -0.2) is 44.7 Å². The number of benzene rings is 2. The fourth-order valence-corrected chi connectivity index (χ4v) is 4.85. The van der Waals surface area contributed by atoms with Crippen LogP contribution in [0.5, 0.6) is 5.75 Å². The molecule has 0 saturated heterocycles. The number of carbonyl (C=O) groups excluding carboxylic acids is 2. The maximum atomic E-state index is 12.8. The first-order valence-corrected chi connectivity index (χ1v) is 11.5. The number of nitrogens with one attached hydrogen (secondary N) is 2. The van der Waals surface area contributed by atoms with Crippen molar-refractivity contribution in [2.45, 2.75) is 25.7 Å². The third-order valence-electron chi connectivity index (χ3n) is 5.10. The van der Waals surface area contributed by atoms with E-state index in [1.165, 1.54) is 29.6 Å². The molecule has 0 unspecified atom stereocenters. The number of fused-ring (bicyclic) bond motifs is 1. The summed E-state index contributed by atoms with van der Waals surface area (Å²) in [6, 6.07) is 11.2. The van der Waals surface area contributed by atoms with Gasteiger partial charge in [-0.3, -0.25) is 20.4 Å². The quantitative estimate of drug-likeness (QED) is 0.525. The van der Waals surface area contributed by atoms with Crippen LogP contribution in [0.25, 0.3) is 11.0 Å². The van der Waals surface area contributed by atoms with Gasteiger partial charge in [0.05, 0.1) is 17.6 Å². The number of rotatable bonds is 7. The van der Waals surface area contributed by atoms with Gasteiger partial charge < -0.3 is 9.15 Å². The molecule has 2 aromatic carbocycles. The number of aryl methyl sites for hydroxylation is 1. The molecule has 0 spiro atoms. The standard InChI is InChI=1S/C22H25N3O6S/c1-5-25(6-2)32(28,29)15-11-12-18(30-4)17(13-15)21(26)23-24-22(27)20-14(3)16-9-7-8-10-19(16)31-20/h7-13H,5-6H2,1-4H3,(H,23,26)(H,24,27). The Labute approximate surface area is 186 Å². The molecule has 1 aromatic heterocycles. The van der Waals surface area contributed by atoms with Gasteiger partial charge in [-0.2, -0.15) is 4.31 Å². The topological polar surface area (TPSA) is 118 Å². The van der Waals surface area contributed by atoms with Crippen molar-refractivity contribution in [1.29, 1.82) is 0 Å². The zero-order chi connectivity index (χ0) is 23.5. The van der Waals surface area contributed by atoms with Crippen LogP contribution in [0, 0.1) is 6.92 Å². The molecule has 0 aliphatic rings. The lowest BCUT2D eigenvalue weighted by atomic mass is 10.1. The van der Waals surface area contributed by atoms with E-state index in [0.29, 0.717) is 24.2 Å². The number of hydrogen-bond acceptors (Lipinski definition) is 6. The molecule has 9 nitrogen and oxygen atoms in total. The summed E-state index contributed by atoms with van der Waals surface area (Å²) in [5, 5.41) is 0.792. The molecular weight excluding hydrogens is 434 g/mol. The second-order valence-electron chi connectivity index (χ2n) is 6.91. The molecular formula is C22H25N3O6S. The van der Waals surface area contributed by atoms with Gasteiger partial charge in [0.25, 0.3) is 5.91 Å². The molecule has 0 radical (unpaired) electrons. The van der Waals surface area contributed by atoms with Gasteiger partial charge in [0.15, 0.2) is 5.76 Å². The third-order valence-corrected chi connectivity index (χ3v) is 7.14. The molecule has 2 amide bonds. The van der Waals surface area contributed by atoms with Crippen molar-refractivity contribution in [1.82, 2.24) is 15.2 Å². The number of carbonyl (C=O) groups is 2. The lowest BCUT2D eigenvalue weighted by molar-refractivity contribution is 0.0830. The number of hydrazine groups is 1. The van der Waals surface area contributed by atoms with Crippen LogP contribution >= 0.6 is 0 Å². The van der Waals surface area contributed by atoms with Crippen LogP contribution in [0.4, 0.5) is 0 Å². The highest BCUT2D eigenvalue weighted by atomic mass is 32.2. The van der Waals surface area contributed by atoms with Gasteiger partial charge in [0.1, 0.15) is 11.3 Å². The number of para-hydroxylation sites is 1. The number of methoxy groups -OCH3 is 1. The minimum absolute atomic E-state index is 0.0395. The Kier molecular flexibility index (Phi) is 6.85. The van der Waals surface area contributed by atoms with E-state index in [2.05, 4.69) is 10.9 Å². The summed E-state index contributed by atoms with van der Waals surface area (Å²) in [5.74, 6) is -1.15. The van der Waals surface area contributed by atoms with Gasteiger partial charge >= 0.3 is 5.91 Å². The minimum atomic E-state index is -3.78. The molecule has 0 fully saturated rings.